The summed E-state index contributed by atoms with van der Waals surface area (Å²) >= 11 is 0. The number of amides is 1. The maximum absolute atomic E-state index is 12.7. The van der Waals surface area contributed by atoms with Gasteiger partial charge in [0, 0.05) is 25.0 Å². The SMILES string of the molecule is CCOC(=O)CCN(C(=O)c1cccnc1)C1CCCCC1. The van der Waals surface area contributed by atoms with Gasteiger partial charge in [-0.3, -0.25) is 14.6 Å². The Bertz CT molecular complexity index is 484. The number of pyridine rings is 1. The van der Waals surface area contributed by atoms with E-state index in [2.05, 4.69) is 4.98 Å². The molecule has 0 aliphatic heterocycles. The van der Waals surface area contributed by atoms with E-state index in [0.717, 1.165) is 25.7 Å². The fourth-order valence-electron chi connectivity index (χ4n) is 2.94. The van der Waals surface area contributed by atoms with Gasteiger partial charge in [0.2, 0.25) is 0 Å². The highest BCUT2D eigenvalue weighted by atomic mass is 16.5. The average Bonchev–Trinajstić information content (AvgIpc) is 2.57. The summed E-state index contributed by atoms with van der Waals surface area (Å²) in [6.45, 7) is 2.58. The molecular formula is C17H24N2O3. The molecule has 1 aromatic heterocycles. The van der Waals surface area contributed by atoms with Crippen molar-refractivity contribution in [2.75, 3.05) is 13.2 Å². The molecule has 1 saturated carbocycles. The molecule has 5 nitrogen and oxygen atoms in total. The maximum atomic E-state index is 12.7. The van der Waals surface area contributed by atoms with E-state index in [1.807, 2.05) is 4.90 Å². The largest absolute Gasteiger partial charge is 0.466 e. The number of nitrogens with zero attached hydrogens (tertiary/aromatic N) is 2. The average molecular weight is 304 g/mol. The van der Waals surface area contributed by atoms with Gasteiger partial charge in [-0.05, 0) is 31.9 Å². The molecule has 1 aromatic rings. The van der Waals surface area contributed by atoms with Crippen LogP contribution in [0, 0.1) is 0 Å². The van der Waals surface area contributed by atoms with E-state index in [-0.39, 0.29) is 24.3 Å². The van der Waals surface area contributed by atoms with E-state index >= 15 is 0 Å². The summed E-state index contributed by atoms with van der Waals surface area (Å²) in [7, 11) is 0. The van der Waals surface area contributed by atoms with Crippen LogP contribution in [-0.4, -0.2) is 41.0 Å². The van der Waals surface area contributed by atoms with Crippen LogP contribution in [0.15, 0.2) is 24.5 Å². The Balaban J connectivity index is 2.06. The van der Waals surface area contributed by atoms with Crippen LogP contribution >= 0.6 is 0 Å². The van der Waals surface area contributed by atoms with Gasteiger partial charge in [-0.1, -0.05) is 19.3 Å². The summed E-state index contributed by atoms with van der Waals surface area (Å²) in [4.78, 5) is 30.2. The lowest BCUT2D eigenvalue weighted by atomic mass is 9.93. The Morgan fingerprint density at radius 1 is 1.32 bits per heavy atom. The van der Waals surface area contributed by atoms with Crippen molar-refractivity contribution in [2.45, 2.75) is 51.5 Å². The van der Waals surface area contributed by atoms with Gasteiger partial charge >= 0.3 is 5.97 Å². The first-order valence-electron chi connectivity index (χ1n) is 8.09. The van der Waals surface area contributed by atoms with Crippen molar-refractivity contribution in [1.29, 1.82) is 0 Å². The molecule has 1 aliphatic carbocycles. The number of esters is 1. The lowest BCUT2D eigenvalue weighted by molar-refractivity contribution is -0.143. The van der Waals surface area contributed by atoms with Crippen LogP contribution in [0.2, 0.25) is 0 Å². The third-order valence-corrected chi connectivity index (χ3v) is 4.05. The van der Waals surface area contributed by atoms with Gasteiger partial charge in [0.25, 0.3) is 5.91 Å². The zero-order chi connectivity index (χ0) is 15.8. The lowest BCUT2D eigenvalue weighted by Gasteiger charge is -2.34. The Morgan fingerprint density at radius 2 is 2.09 bits per heavy atom. The molecule has 1 fully saturated rings. The summed E-state index contributed by atoms with van der Waals surface area (Å²) < 4.78 is 4.98. The minimum absolute atomic E-state index is 0.0377. The lowest BCUT2D eigenvalue weighted by Crippen LogP contribution is -2.42. The minimum Gasteiger partial charge on any atom is -0.466 e. The first-order valence-corrected chi connectivity index (χ1v) is 8.09. The third-order valence-electron chi connectivity index (χ3n) is 4.05. The number of hydrogen-bond acceptors (Lipinski definition) is 4. The number of carbonyl (C=O) groups is 2. The second-order valence-electron chi connectivity index (χ2n) is 5.59. The highest BCUT2D eigenvalue weighted by Gasteiger charge is 2.26. The zero-order valence-electron chi connectivity index (χ0n) is 13.2. The quantitative estimate of drug-likeness (QED) is 0.758. The summed E-state index contributed by atoms with van der Waals surface area (Å²) in [5, 5.41) is 0. The monoisotopic (exact) mass is 304 g/mol. The van der Waals surface area contributed by atoms with Crippen LogP contribution < -0.4 is 0 Å². The molecule has 0 spiro atoms. The molecule has 0 aromatic carbocycles. The predicted octanol–water partition coefficient (Wildman–Crippen LogP) is 2.81. The first-order chi connectivity index (χ1) is 10.7. The molecule has 0 N–H and O–H groups in total. The fourth-order valence-corrected chi connectivity index (χ4v) is 2.94. The van der Waals surface area contributed by atoms with Gasteiger partial charge in [0.1, 0.15) is 0 Å². The van der Waals surface area contributed by atoms with Gasteiger partial charge in [0.15, 0.2) is 0 Å². The van der Waals surface area contributed by atoms with Crippen LogP contribution in [0.25, 0.3) is 0 Å². The van der Waals surface area contributed by atoms with Crippen LogP contribution in [0.3, 0.4) is 0 Å². The number of aromatic nitrogens is 1. The molecule has 0 bridgehead atoms. The van der Waals surface area contributed by atoms with E-state index in [4.69, 9.17) is 4.74 Å². The summed E-state index contributed by atoms with van der Waals surface area (Å²) in [6.07, 6.45) is 9.01. The standard InChI is InChI=1S/C17H24N2O3/c1-2-22-16(20)10-12-19(15-8-4-3-5-9-15)17(21)14-7-6-11-18-13-14/h6-7,11,13,15H,2-5,8-10,12H2,1H3. The maximum Gasteiger partial charge on any atom is 0.307 e. The topological polar surface area (TPSA) is 59.5 Å². The summed E-state index contributed by atoms with van der Waals surface area (Å²) in [5.41, 5.74) is 0.580. The van der Waals surface area contributed by atoms with E-state index in [0.29, 0.717) is 18.7 Å². The highest BCUT2D eigenvalue weighted by molar-refractivity contribution is 5.94. The van der Waals surface area contributed by atoms with Crippen molar-refractivity contribution >= 4 is 11.9 Å². The Kier molecular flexibility index (Phi) is 6.37. The van der Waals surface area contributed by atoms with Crippen molar-refractivity contribution in [3.05, 3.63) is 30.1 Å². The summed E-state index contributed by atoms with van der Waals surface area (Å²) in [6, 6.07) is 3.75. The number of ether oxygens (including phenoxy) is 1. The minimum atomic E-state index is -0.248. The molecule has 1 amide bonds. The normalized spacial score (nSPS) is 15.3. The Morgan fingerprint density at radius 3 is 2.73 bits per heavy atom. The molecule has 120 valence electrons. The molecule has 0 atom stereocenters. The molecule has 1 aliphatic rings. The van der Waals surface area contributed by atoms with Gasteiger partial charge in [-0.25, -0.2) is 0 Å². The fraction of sp³-hybridized carbons (Fsp3) is 0.588. The second kappa shape index (κ2) is 8.51. The van der Waals surface area contributed by atoms with E-state index in [1.165, 1.54) is 6.42 Å². The molecule has 0 radical (unpaired) electrons. The van der Waals surface area contributed by atoms with E-state index < -0.39 is 0 Å². The smallest absolute Gasteiger partial charge is 0.307 e. The number of carbonyl (C=O) groups excluding carboxylic acids is 2. The van der Waals surface area contributed by atoms with Gasteiger partial charge in [-0.2, -0.15) is 0 Å². The molecule has 5 heteroatoms. The van der Waals surface area contributed by atoms with Crippen LogP contribution in [-0.2, 0) is 9.53 Å². The Hall–Kier alpha value is -1.91. The van der Waals surface area contributed by atoms with Crippen LogP contribution in [0.5, 0.6) is 0 Å². The molecule has 22 heavy (non-hydrogen) atoms. The van der Waals surface area contributed by atoms with Crippen molar-refractivity contribution in [1.82, 2.24) is 9.88 Å². The Labute approximate surface area is 131 Å². The predicted molar refractivity (Wildman–Crippen MR) is 83.4 cm³/mol. The molecule has 0 saturated heterocycles. The van der Waals surface area contributed by atoms with Gasteiger partial charge in [0.05, 0.1) is 18.6 Å². The van der Waals surface area contributed by atoms with Crippen LogP contribution in [0.4, 0.5) is 0 Å². The van der Waals surface area contributed by atoms with Gasteiger partial charge in [-0.15, -0.1) is 0 Å². The first kappa shape index (κ1) is 16.5. The third kappa shape index (κ3) is 4.55. The van der Waals surface area contributed by atoms with E-state index in [9.17, 15) is 9.59 Å². The molecule has 2 rings (SSSR count). The van der Waals surface area contributed by atoms with E-state index in [1.54, 1.807) is 31.5 Å². The van der Waals surface area contributed by atoms with Crippen molar-refractivity contribution in [3.8, 4) is 0 Å². The van der Waals surface area contributed by atoms with Crippen molar-refractivity contribution in [2.24, 2.45) is 0 Å². The highest BCUT2D eigenvalue weighted by Crippen LogP contribution is 2.24. The molecule has 0 unspecified atom stereocenters. The van der Waals surface area contributed by atoms with Crippen LogP contribution in [0.1, 0.15) is 55.8 Å². The summed E-state index contributed by atoms with van der Waals surface area (Å²) in [5.74, 6) is -0.286. The number of rotatable bonds is 6. The molecular weight excluding hydrogens is 280 g/mol. The van der Waals surface area contributed by atoms with Crippen molar-refractivity contribution < 1.29 is 14.3 Å². The van der Waals surface area contributed by atoms with Crippen molar-refractivity contribution in [3.63, 3.8) is 0 Å². The van der Waals surface area contributed by atoms with Gasteiger partial charge < -0.3 is 9.64 Å². The molecule has 1 heterocycles. The zero-order valence-corrected chi connectivity index (χ0v) is 13.2. The second-order valence-corrected chi connectivity index (χ2v) is 5.59. The number of hydrogen-bond donors (Lipinski definition) is 0.